The number of ether oxygens (including phenoxy) is 1. The Morgan fingerprint density at radius 1 is 1.33 bits per heavy atom. The molecule has 1 aliphatic rings. The van der Waals surface area contributed by atoms with Crippen LogP contribution in [0.4, 0.5) is 0 Å². The lowest BCUT2D eigenvalue weighted by molar-refractivity contribution is -0.131. The zero-order valence-corrected chi connectivity index (χ0v) is 12.1. The van der Waals surface area contributed by atoms with Crippen LogP contribution in [0.15, 0.2) is 42.7 Å². The Balaban J connectivity index is 1.54. The smallest absolute Gasteiger partial charge is 0.242 e. The van der Waals surface area contributed by atoms with Crippen LogP contribution in [0.5, 0.6) is 5.88 Å². The molecule has 0 saturated carbocycles. The highest BCUT2D eigenvalue weighted by Gasteiger charge is 2.27. The standard InChI is InChI=1S/C16H19N3O2/c1-13-5-4-6-15(17-13)21-14-7-10-19(11-14)16(20)12-18-8-2-3-9-18/h2-6,8-9,14H,7,10-12H2,1H3. The van der Waals surface area contributed by atoms with Crippen molar-refractivity contribution in [1.29, 1.82) is 0 Å². The van der Waals surface area contributed by atoms with E-state index in [0.29, 0.717) is 19.0 Å². The van der Waals surface area contributed by atoms with Crippen molar-refractivity contribution in [3.63, 3.8) is 0 Å². The van der Waals surface area contributed by atoms with Gasteiger partial charge in [0.25, 0.3) is 0 Å². The van der Waals surface area contributed by atoms with Crippen LogP contribution in [0, 0.1) is 6.92 Å². The first-order valence-corrected chi connectivity index (χ1v) is 7.19. The van der Waals surface area contributed by atoms with Crippen LogP contribution in [0.25, 0.3) is 0 Å². The largest absolute Gasteiger partial charge is 0.472 e. The molecule has 1 saturated heterocycles. The van der Waals surface area contributed by atoms with Crippen molar-refractivity contribution in [2.24, 2.45) is 0 Å². The minimum absolute atomic E-state index is 0.0351. The van der Waals surface area contributed by atoms with Gasteiger partial charge in [-0.25, -0.2) is 4.98 Å². The molecular formula is C16H19N3O2. The van der Waals surface area contributed by atoms with Gasteiger partial charge in [0.2, 0.25) is 11.8 Å². The fourth-order valence-electron chi connectivity index (χ4n) is 2.54. The second kappa shape index (κ2) is 5.99. The van der Waals surface area contributed by atoms with E-state index < -0.39 is 0 Å². The molecule has 2 aromatic heterocycles. The number of aromatic nitrogens is 2. The summed E-state index contributed by atoms with van der Waals surface area (Å²) in [5.74, 6) is 0.772. The summed E-state index contributed by atoms with van der Waals surface area (Å²) in [5, 5.41) is 0. The van der Waals surface area contributed by atoms with Crippen molar-refractivity contribution in [2.45, 2.75) is 26.0 Å². The third kappa shape index (κ3) is 3.42. The SMILES string of the molecule is Cc1cccc(OC2CCN(C(=O)Cn3cccc3)C2)n1. The van der Waals surface area contributed by atoms with Gasteiger partial charge in [-0.05, 0) is 25.1 Å². The predicted molar refractivity (Wildman–Crippen MR) is 79.0 cm³/mol. The van der Waals surface area contributed by atoms with Crippen LogP contribution < -0.4 is 4.74 Å². The maximum absolute atomic E-state index is 12.2. The van der Waals surface area contributed by atoms with Crippen LogP contribution >= 0.6 is 0 Å². The van der Waals surface area contributed by atoms with Gasteiger partial charge in [-0.15, -0.1) is 0 Å². The van der Waals surface area contributed by atoms with E-state index in [1.807, 2.05) is 59.1 Å². The fraction of sp³-hybridized carbons (Fsp3) is 0.375. The highest BCUT2D eigenvalue weighted by Crippen LogP contribution is 2.17. The molecule has 0 radical (unpaired) electrons. The molecule has 0 bridgehead atoms. The maximum atomic E-state index is 12.2. The molecule has 110 valence electrons. The molecule has 2 aromatic rings. The van der Waals surface area contributed by atoms with Gasteiger partial charge in [0, 0.05) is 37.1 Å². The number of likely N-dealkylation sites (tertiary alicyclic amines) is 1. The highest BCUT2D eigenvalue weighted by atomic mass is 16.5. The van der Waals surface area contributed by atoms with Crippen molar-refractivity contribution in [2.75, 3.05) is 13.1 Å². The van der Waals surface area contributed by atoms with Gasteiger partial charge < -0.3 is 14.2 Å². The Bertz CT molecular complexity index is 610. The van der Waals surface area contributed by atoms with Gasteiger partial charge in [0.15, 0.2) is 0 Å². The summed E-state index contributed by atoms with van der Waals surface area (Å²) in [6.45, 7) is 3.71. The predicted octanol–water partition coefficient (Wildman–Crippen LogP) is 1.87. The Kier molecular flexibility index (Phi) is 3.90. The number of hydrogen-bond donors (Lipinski definition) is 0. The normalized spacial score (nSPS) is 18.0. The molecule has 0 N–H and O–H groups in total. The van der Waals surface area contributed by atoms with Gasteiger partial charge in [-0.3, -0.25) is 4.79 Å². The Morgan fingerprint density at radius 2 is 2.14 bits per heavy atom. The van der Waals surface area contributed by atoms with Crippen molar-refractivity contribution in [3.05, 3.63) is 48.4 Å². The molecule has 0 aliphatic carbocycles. The molecule has 5 heteroatoms. The van der Waals surface area contributed by atoms with Crippen LogP contribution in [-0.2, 0) is 11.3 Å². The second-order valence-electron chi connectivity index (χ2n) is 5.34. The van der Waals surface area contributed by atoms with E-state index in [2.05, 4.69) is 4.98 Å². The number of rotatable bonds is 4. The third-order valence-electron chi connectivity index (χ3n) is 3.63. The Hall–Kier alpha value is -2.30. The molecule has 21 heavy (non-hydrogen) atoms. The second-order valence-corrected chi connectivity index (χ2v) is 5.34. The monoisotopic (exact) mass is 285 g/mol. The first-order chi connectivity index (χ1) is 10.2. The molecule has 1 unspecified atom stereocenters. The lowest BCUT2D eigenvalue weighted by Gasteiger charge is -2.17. The summed E-state index contributed by atoms with van der Waals surface area (Å²) >= 11 is 0. The van der Waals surface area contributed by atoms with Crippen molar-refractivity contribution in [3.8, 4) is 5.88 Å². The molecule has 5 nitrogen and oxygen atoms in total. The zero-order valence-electron chi connectivity index (χ0n) is 12.1. The maximum Gasteiger partial charge on any atom is 0.242 e. The topological polar surface area (TPSA) is 47.4 Å². The average Bonchev–Trinajstić information content (AvgIpc) is 3.10. The summed E-state index contributed by atoms with van der Waals surface area (Å²) in [7, 11) is 0. The number of carbonyl (C=O) groups is 1. The highest BCUT2D eigenvalue weighted by molar-refractivity contribution is 5.76. The minimum atomic E-state index is 0.0351. The quantitative estimate of drug-likeness (QED) is 0.861. The van der Waals surface area contributed by atoms with Gasteiger partial charge in [0.05, 0.1) is 6.54 Å². The molecule has 0 spiro atoms. The molecule has 3 rings (SSSR count). The van der Waals surface area contributed by atoms with Crippen LogP contribution in [0.2, 0.25) is 0 Å². The van der Waals surface area contributed by atoms with E-state index >= 15 is 0 Å². The van der Waals surface area contributed by atoms with Crippen molar-refractivity contribution >= 4 is 5.91 Å². The average molecular weight is 285 g/mol. The first kappa shape index (κ1) is 13.7. The number of aryl methyl sites for hydroxylation is 1. The molecule has 0 aromatic carbocycles. The minimum Gasteiger partial charge on any atom is -0.472 e. The number of amides is 1. The summed E-state index contributed by atoms with van der Waals surface area (Å²) in [4.78, 5) is 18.4. The molecule has 3 heterocycles. The zero-order chi connectivity index (χ0) is 14.7. The molecule has 1 fully saturated rings. The van der Waals surface area contributed by atoms with Gasteiger partial charge >= 0.3 is 0 Å². The number of pyridine rings is 1. The van der Waals surface area contributed by atoms with Gasteiger partial charge in [-0.1, -0.05) is 6.07 Å². The van der Waals surface area contributed by atoms with Crippen molar-refractivity contribution < 1.29 is 9.53 Å². The Morgan fingerprint density at radius 3 is 2.90 bits per heavy atom. The van der Waals surface area contributed by atoms with Crippen LogP contribution in [0.1, 0.15) is 12.1 Å². The van der Waals surface area contributed by atoms with Crippen molar-refractivity contribution in [1.82, 2.24) is 14.5 Å². The fourth-order valence-corrected chi connectivity index (χ4v) is 2.54. The van der Waals surface area contributed by atoms with E-state index in [-0.39, 0.29) is 12.0 Å². The van der Waals surface area contributed by atoms with Crippen LogP contribution in [0.3, 0.4) is 0 Å². The molecular weight excluding hydrogens is 266 g/mol. The Labute approximate surface area is 124 Å². The van der Waals surface area contributed by atoms with E-state index in [0.717, 1.165) is 18.7 Å². The number of nitrogens with zero attached hydrogens (tertiary/aromatic N) is 3. The summed E-state index contributed by atoms with van der Waals surface area (Å²) in [5.41, 5.74) is 0.936. The summed E-state index contributed by atoms with van der Waals surface area (Å²) in [6, 6.07) is 9.58. The van der Waals surface area contributed by atoms with Gasteiger partial charge in [-0.2, -0.15) is 0 Å². The van der Waals surface area contributed by atoms with E-state index in [4.69, 9.17) is 4.74 Å². The van der Waals surface area contributed by atoms with Gasteiger partial charge in [0.1, 0.15) is 12.6 Å². The summed E-state index contributed by atoms with van der Waals surface area (Å²) < 4.78 is 7.75. The van der Waals surface area contributed by atoms with Crippen LogP contribution in [-0.4, -0.2) is 39.6 Å². The molecule has 1 amide bonds. The van der Waals surface area contributed by atoms with E-state index in [1.165, 1.54) is 0 Å². The number of carbonyl (C=O) groups excluding carboxylic acids is 1. The molecule has 1 aliphatic heterocycles. The number of hydrogen-bond acceptors (Lipinski definition) is 3. The summed E-state index contributed by atoms with van der Waals surface area (Å²) in [6.07, 6.45) is 4.69. The first-order valence-electron chi connectivity index (χ1n) is 7.19. The lowest BCUT2D eigenvalue weighted by Crippen LogP contribution is -2.33. The molecule has 1 atom stereocenters. The lowest BCUT2D eigenvalue weighted by atomic mass is 10.3. The third-order valence-corrected chi connectivity index (χ3v) is 3.63. The van der Waals surface area contributed by atoms with E-state index in [1.54, 1.807) is 0 Å². The van der Waals surface area contributed by atoms with E-state index in [9.17, 15) is 4.79 Å².